The lowest BCUT2D eigenvalue weighted by atomic mass is 9.57. The maximum absolute atomic E-state index is 13.5. The van der Waals surface area contributed by atoms with Crippen LogP contribution in [0.5, 0.6) is 0 Å². The first kappa shape index (κ1) is 24.3. The number of halogens is 5. The third-order valence-corrected chi connectivity index (χ3v) is 9.38. The lowest BCUT2D eigenvalue weighted by Crippen LogP contribution is -2.62. The van der Waals surface area contributed by atoms with Gasteiger partial charge in [0.1, 0.15) is 17.5 Å². The molecule has 0 amide bonds. The first-order chi connectivity index (χ1) is 18.0. The van der Waals surface area contributed by atoms with Crippen molar-refractivity contribution in [2.75, 3.05) is 18.0 Å². The molecular formula is C27H27ClF4N6. The Morgan fingerprint density at radius 2 is 1.76 bits per heavy atom. The summed E-state index contributed by atoms with van der Waals surface area (Å²) in [6.45, 7) is 4.03. The van der Waals surface area contributed by atoms with Gasteiger partial charge in [-0.3, -0.25) is 9.47 Å². The van der Waals surface area contributed by atoms with Crippen LogP contribution in [0.3, 0.4) is 0 Å². The van der Waals surface area contributed by atoms with E-state index >= 15 is 0 Å². The number of anilines is 1. The van der Waals surface area contributed by atoms with Crippen LogP contribution in [0.25, 0.3) is 5.69 Å². The van der Waals surface area contributed by atoms with E-state index in [9.17, 15) is 17.6 Å². The second kappa shape index (κ2) is 8.14. The molecule has 1 aromatic carbocycles. The Morgan fingerprint density at radius 1 is 1.00 bits per heavy atom. The van der Waals surface area contributed by atoms with Crippen molar-refractivity contribution in [3.8, 4) is 5.69 Å². The van der Waals surface area contributed by atoms with E-state index in [0.29, 0.717) is 18.1 Å². The lowest BCUT2D eigenvalue weighted by molar-refractivity contribution is -0.258. The molecule has 1 spiro atoms. The van der Waals surface area contributed by atoms with Crippen LogP contribution in [0.2, 0.25) is 5.02 Å². The van der Waals surface area contributed by atoms with Gasteiger partial charge in [-0.05, 0) is 61.6 Å². The highest BCUT2D eigenvalue weighted by atomic mass is 35.5. The molecule has 2 aliphatic carbocycles. The zero-order valence-corrected chi connectivity index (χ0v) is 21.6. The number of aromatic nitrogens is 4. The Hall–Kier alpha value is -2.72. The standard InChI is InChI=1S/C27H27ClF4N6/c1-25(27(30,31)32)9-20(10-25)36-12-16-6-18(28)2-4-21(16)38-23(13-36)34-35-24(38)17-7-26(8-17)14-37(15-26)22-5-3-19(29)11-33-22/h2-6,11,17,20H,7-10,12-15H2,1H3. The third kappa shape index (κ3) is 3.74. The van der Waals surface area contributed by atoms with Crippen LogP contribution in [-0.2, 0) is 13.1 Å². The van der Waals surface area contributed by atoms with Crippen LogP contribution < -0.4 is 4.90 Å². The average molecular weight is 547 g/mol. The molecule has 3 aromatic rings. The highest BCUT2D eigenvalue weighted by Crippen LogP contribution is 2.57. The molecule has 0 unspecified atom stereocenters. The summed E-state index contributed by atoms with van der Waals surface area (Å²) >= 11 is 6.35. The van der Waals surface area contributed by atoms with Gasteiger partial charge in [0, 0.05) is 42.0 Å². The summed E-state index contributed by atoms with van der Waals surface area (Å²) in [4.78, 5) is 8.46. The van der Waals surface area contributed by atoms with Gasteiger partial charge >= 0.3 is 6.18 Å². The Kier molecular flexibility index (Phi) is 5.21. The summed E-state index contributed by atoms with van der Waals surface area (Å²) in [7, 11) is 0. The van der Waals surface area contributed by atoms with Gasteiger partial charge in [-0.25, -0.2) is 9.37 Å². The van der Waals surface area contributed by atoms with Crippen molar-refractivity contribution in [1.82, 2.24) is 24.6 Å². The fourth-order valence-electron chi connectivity index (χ4n) is 6.95. The normalized spacial score (nSPS) is 26.7. The van der Waals surface area contributed by atoms with Gasteiger partial charge < -0.3 is 4.90 Å². The summed E-state index contributed by atoms with van der Waals surface area (Å²) in [5.41, 5.74) is 0.488. The maximum Gasteiger partial charge on any atom is 0.394 e. The van der Waals surface area contributed by atoms with Crippen LogP contribution in [-0.4, -0.2) is 50.0 Å². The highest BCUT2D eigenvalue weighted by Gasteiger charge is 2.60. The fourth-order valence-corrected chi connectivity index (χ4v) is 7.14. The number of hydrogen-bond acceptors (Lipinski definition) is 5. The lowest BCUT2D eigenvalue weighted by Gasteiger charge is -2.59. The molecule has 0 atom stereocenters. The van der Waals surface area contributed by atoms with Gasteiger partial charge in [-0.1, -0.05) is 18.5 Å². The summed E-state index contributed by atoms with van der Waals surface area (Å²) in [5, 5.41) is 9.74. The molecule has 0 bridgehead atoms. The van der Waals surface area contributed by atoms with Crippen molar-refractivity contribution in [1.29, 1.82) is 0 Å². The molecule has 4 aliphatic rings. The molecule has 200 valence electrons. The van der Waals surface area contributed by atoms with Gasteiger partial charge in [0.15, 0.2) is 5.82 Å². The fraction of sp³-hybridized carbons (Fsp3) is 0.519. The van der Waals surface area contributed by atoms with E-state index in [2.05, 4.69) is 29.5 Å². The molecular weight excluding hydrogens is 520 g/mol. The molecule has 4 heterocycles. The third-order valence-electron chi connectivity index (χ3n) is 9.14. The zero-order chi connectivity index (χ0) is 26.4. The van der Waals surface area contributed by atoms with Gasteiger partial charge in [0.05, 0.1) is 23.8 Å². The number of pyridine rings is 1. The largest absolute Gasteiger partial charge is 0.394 e. The quantitative estimate of drug-likeness (QED) is 0.384. The van der Waals surface area contributed by atoms with Gasteiger partial charge in [0.25, 0.3) is 0 Å². The maximum atomic E-state index is 13.5. The van der Waals surface area contributed by atoms with Crippen LogP contribution in [0.4, 0.5) is 23.4 Å². The van der Waals surface area contributed by atoms with E-state index in [0.717, 1.165) is 54.6 Å². The minimum absolute atomic E-state index is 0.0813. The first-order valence-electron chi connectivity index (χ1n) is 12.9. The molecule has 6 nitrogen and oxygen atoms in total. The van der Waals surface area contributed by atoms with E-state index in [1.165, 1.54) is 19.2 Å². The van der Waals surface area contributed by atoms with E-state index in [1.54, 1.807) is 6.07 Å². The minimum Gasteiger partial charge on any atom is -0.355 e. The number of alkyl halides is 3. The van der Waals surface area contributed by atoms with Crippen molar-refractivity contribution in [3.05, 3.63) is 64.6 Å². The Labute approximate surface area is 222 Å². The SMILES string of the molecule is CC1(C(F)(F)F)CC(N2Cc3cc(Cl)ccc3-n3c(nnc3C3CC4(C3)CN(c3ccc(F)cn3)C4)C2)C1. The topological polar surface area (TPSA) is 50.1 Å². The van der Waals surface area contributed by atoms with E-state index in [-0.39, 0.29) is 36.0 Å². The highest BCUT2D eigenvalue weighted by molar-refractivity contribution is 6.30. The Bertz CT molecular complexity index is 1380. The van der Waals surface area contributed by atoms with E-state index in [4.69, 9.17) is 11.6 Å². The summed E-state index contributed by atoms with van der Waals surface area (Å²) in [5.74, 6) is 2.36. The number of benzene rings is 1. The van der Waals surface area contributed by atoms with Crippen molar-refractivity contribution in [2.24, 2.45) is 10.8 Å². The zero-order valence-electron chi connectivity index (χ0n) is 20.8. The molecule has 7 rings (SSSR count). The number of hydrogen-bond donors (Lipinski definition) is 0. The molecule has 2 saturated carbocycles. The van der Waals surface area contributed by atoms with Gasteiger partial charge in [0.2, 0.25) is 0 Å². The number of rotatable bonds is 3. The molecule has 2 aliphatic heterocycles. The van der Waals surface area contributed by atoms with Gasteiger partial charge in [-0.2, -0.15) is 13.2 Å². The second-order valence-electron chi connectivity index (χ2n) is 11.9. The molecule has 2 aromatic heterocycles. The van der Waals surface area contributed by atoms with Gasteiger partial charge in [-0.15, -0.1) is 10.2 Å². The van der Waals surface area contributed by atoms with E-state index < -0.39 is 11.6 Å². The smallest absolute Gasteiger partial charge is 0.355 e. The molecule has 3 fully saturated rings. The number of nitrogens with zero attached hydrogens (tertiary/aromatic N) is 6. The van der Waals surface area contributed by atoms with E-state index in [1.807, 2.05) is 18.2 Å². The molecule has 1 saturated heterocycles. The first-order valence-corrected chi connectivity index (χ1v) is 13.3. The predicted molar refractivity (Wildman–Crippen MR) is 134 cm³/mol. The van der Waals surface area contributed by atoms with Crippen LogP contribution in [0, 0.1) is 16.6 Å². The molecule has 11 heteroatoms. The molecule has 38 heavy (non-hydrogen) atoms. The summed E-state index contributed by atoms with van der Waals surface area (Å²) < 4.78 is 55.9. The average Bonchev–Trinajstić information content (AvgIpc) is 3.10. The molecule has 0 N–H and O–H groups in total. The summed E-state index contributed by atoms with van der Waals surface area (Å²) in [6.07, 6.45) is -0.844. The Balaban J connectivity index is 1.11. The summed E-state index contributed by atoms with van der Waals surface area (Å²) in [6, 6.07) is 8.69. The van der Waals surface area contributed by atoms with Crippen molar-refractivity contribution in [2.45, 2.75) is 63.8 Å². The van der Waals surface area contributed by atoms with Crippen LogP contribution in [0.1, 0.15) is 55.7 Å². The predicted octanol–water partition coefficient (Wildman–Crippen LogP) is 5.89. The van der Waals surface area contributed by atoms with Crippen LogP contribution in [0.15, 0.2) is 36.5 Å². The molecule has 0 radical (unpaired) electrons. The number of fused-ring (bicyclic) bond motifs is 3. The van der Waals surface area contributed by atoms with Crippen LogP contribution >= 0.6 is 11.6 Å². The monoisotopic (exact) mass is 546 g/mol. The van der Waals surface area contributed by atoms with Crippen molar-refractivity contribution < 1.29 is 17.6 Å². The Morgan fingerprint density at radius 3 is 2.45 bits per heavy atom. The van der Waals surface area contributed by atoms with Crippen molar-refractivity contribution in [3.63, 3.8) is 0 Å². The van der Waals surface area contributed by atoms with Crippen molar-refractivity contribution >= 4 is 17.4 Å². The second-order valence-corrected chi connectivity index (χ2v) is 12.3. The minimum atomic E-state index is -4.20.